The second-order valence-corrected chi connectivity index (χ2v) is 7.03. The van der Waals surface area contributed by atoms with Crippen LogP contribution in [0.3, 0.4) is 0 Å². The van der Waals surface area contributed by atoms with Gasteiger partial charge < -0.3 is 9.47 Å². The summed E-state index contributed by atoms with van der Waals surface area (Å²) >= 11 is 0. The van der Waals surface area contributed by atoms with Crippen molar-refractivity contribution in [1.29, 1.82) is 0 Å². The number of ether oxygens (including phenoxy) is 2. The van der Waals surface area contributed by atoms with Crippen molar-refractivity contribution in [3.63, 3.8) is 0 Å². The van der Waals surface area contributed by atoms with Crippen LogP contribution in [0.2, 0.25) is 0 Å². The summed E-state index contributed by atoms with van der Waals surface area (Å²) in [5.74, 6) is 0.258. The zero-order chi connectivity index (χ0) is 14.3. The van der Waals surface area contributed by atoms with E-state index in [0.717, 1.165) is 6.61 Å². The van der Waals surface area contributed by atoms with Crippen molar-refractivity contribution in [2.24, 2.45) is 5.92 Å². The number of rotatable bonds is 10. The molecule has 0 radical (unpaired) electrons. The number of hydrogen-bond acceptors (Lipinski definition) is 5. The van der Waals surface area contributed by atoms with Crippen molar-refractivity contribution < 1.29 is 22.7 Å². The molecule has 0 aromatic rings. The Labute approximate surface area is 115 Å². The molecule has 0 aromatic heterocycles. The van der Waals surface area contributed by atoms with Crippen LogP contribution >= 0.6 is 0 Å². The molecule has 0 aromatic carbocycles. The number of carbonyl (C=O) groups is 1. The highest BCUT2D eigenvalue weighted by Gasteiger charge is 2.22. The summed E-state index contributed by atoms with van der Waals surface area (Å²) in [5.41, 5.74) is 0. The lowest BCUT2D eigenvalue weighted by molar-refractivity contribution is -0.140. The Kier molecular flexibility index (Phi) is 6.74. The molecule has 0 spiro atoms. The number of esters is 1. The quantitative estimate of drug-likeness (QED) is 0.436. The molecule has 0 bridgehead atoms. The molecule has 0 atom stereocenters. The maximum Gasteiger partial charge on any atom is 0.305 e. The average molecular weight is 293 g/mol. The van der Waals surface area contributed by atoms with Crippen LogP contribution in [0.25, 0.3) is 0 Å². The van der Waals surface area contributed by atoms with Gasteiger partial charge in [-0.3, -0.25) is 4.79 Å². The van der Waals surface area contributed by atoms with Gasteiger partial charge in [-0.1, -0.05) is 0 Å². The zero-order valence-electron chi connectivity index (χ0n) is 11.6. The van der Waals surface area contributed by atoms with Crippen molar-refractivity contribution in [2.75, 3.05) is 39.7 Å². The van der Waals surface area contributed by atoms with Gasteiger partial charge in [0.2, 0.25) is 10.0 Å². The molecule has 1 saturated carbocycles. The van der Waals surface area contributed by atoms with Gasteiger partial charge >= 0.3 is 5.97 Å². The number of hydrogen-bond donors (Lipinski definition) is 0. The molecule has 0 saturated heterocycles. The van der Waals surface area contributed by atoms with Gasteiger partial charge in [-0.05, 0) is 25.2 Å². The normalized spacial score (nSPS) is 15.7. The molecule has 7 heteroatoms. The maximum absolute atomic E-state index is 11.9. The van der Waals surface area contributed by atoms with Crippen LogP contribution in [0.5, 0.6) is 0 Å². The Hall–Kier alpha value is -0.660. The van der Waals surface area contributed by atoms with Gasteiger partial charge in [-0.25, -0.2) is 12.7 Å². The van der Waals surface area contributed by atoms with Gasteiger partial charge in [-0.2, -0.15) is 0 Å². The van der Waals surface area contributed by atoms with E-state index in [4.69, 9.17) is 4.74 Å². The van der Waals surface area contributed by atoms with E-state index in [1.165, 1.54) is 31.3 Å². The summed E-state index contributed by atoms with van der Waals surface area (Å²) in [5, 5.41) is 0. The summed E-state index contributed by atoms with van der Waals surface area (Å²) < 4.78 is 34.9. The fraction of sp³-hybridized carbons (Fsp3) is 0.917. The monoisotopic (exact) mass is 293 g/mol. The van der Waals surface area contributed by atoms with E-state index < -0.39 is 10.0 Å². The molecule has 112 valence electrons. The molecule has 0 amide bonds. The minimum Gasteiger partial charge on any atom is -0.469 e. The third kappa shape index (κ3) is 6.89. The minimum absolute atomic E-state index is 0.0405. The number of sulfonamides is 1. The first kappa shape index (κ1) is 16.4. The van der Waals surface area contributed by atoms with Crippen LogP contribution in [-0.4, -0.2) is 58.4 Å². The predicted octanol–water partition coefficient (Wildman–Crippen LogP) is 0.628. The van der Waals surface area contributed by atoms with Gasteiger partial charge in [0.25, 0.3) is 0 Å². The molecule has 19 heavy (non-hydrogen) atoms. The highest BCUT2D eigenvalue weighted by molar-refractivity contribution is 7.89. The van der Waals surface area contributed by atoms with Crippen molar-refractivity contribution in [3.05, 3.63) is 0 Å². The van der Waals surface area contributed by atoms with Crippen LogP contribution in [0.15, 0.2) is 0 Å². The molecule has 1 aliphatic rings. The fourth-order valence-electron chi connectivity index (χ4n) is 1.52. The number of nitrogens with zero attached hydrogens (tertiary/aromatic N) is 1. The van der Waals surface area contributed by atoms with E-state index >= 15 is 0 Å². The van der Waals surface area contributed by atoms with Gasteiger partial charge in [-0.15, -0.1) is 0 Å². The zero-order valence-corrected chi connectivity index (χ0v) is 12.4. The molecular formula is C12H23NO5S. The summed E-state index contributed by atoms with van der Waals surface area (Å²) in [6, 6.07) is 0. The minimum atomic E-state index is -3.30. The number of carbonyl (C=O) groups excluding carboxylic acids is 1. The lowest BCUT2D eigenvalue weighted by atomic mass is 10.3. The second kappa shape index (κ2) is 7.81. The lowest BCUT2D eigenvalue weighted by Crippen LogP contribution is -2.32. The van der Waals surface area contributed by atoms with Crippen LogP contribution in [-0.2, 0) is 24.3 Å². The van der Waals surface area contributed by atoms with E-state index in [-0.39, 0.29) is 24.6 Å². The van der Waals surface area contributed by atoms with Crippen LogP contribution in [0, 0.1) is 5.92 Å². The van der Waals surface area contributed by atoms with Gasteiger partial charge in [0.1, 0.15) is 0 Å². The topological polar surface area (TPSA) is 72.9 Å². The summed E-state index contributed by atoms with van der Waals surface area (Å²) in [4.78, 5) is 10.9. The first-order valence-electron chi connectivity index (χ1n) is 6.54. The van der Waals surface area contributed by atoms with E-state index in [1.807, 2.05) is 0 Å². The van der Waals surface area contributed by atoms with Gasteiger partial charge in [0.15, 0.2) is 0 Å². The van der Waals surface area contributed by atoms with Gasteiger partial charge in [0.05, 0.1) is 19.5 Å². The van der Waals surface area contributed by atoms with E-state index in [1.54, 1.807) is 0 Å². The van der Waals surface area contributed by atoms with Crippen molar-refractivity contribution in [1.82, 2.24) is 4.31 Å². The lowest BCUT2D eigenvalue weighted by Gasteiger charge is -2.16. The first-order chi connectivity index (χ1) is 8.95. The van der Waals surface area contributed by atoms with Crippen LogP contribution < -0.4 is 0 Å². The van der Waals surface area contributed by atoms with Crippen molar-refractivity contribution in [2.45, 2.75) is 25.7 Å². The third-order valence-corrected chi connectivity index (χ3v) is 5.02. The molecule has 1 rings (SSSR count). The standard InChI is InChI=1S/C12H23NO5S/c1-13(7-8-18-10-11-5-6-11)19(15,16)9-3-4-12(14)17-2/h11H,3-10H2,1-2H3. The smallest absolute Gasteiger partial charge is 0.305 e. The highest BCUT2D eigenvalue weighted by atomic mass is 32.2. The molecule has 0 heterocycles. The molecule has 6 nitrogen and oxygen atoms in total. The second-order valence-electron chi connectivity index (χ2n) is 4.84. The average Bonchev–Trinajstić information content (AvgIpc) is 3.17. The summed E-state index contributed by atoms with van der Waals surface area (Å²) in [6.07, 6.45) is 2.85. The number of methoxy groups -OCH3 is 1. The summed E-state index contributed by atoms with van der Waals surface area (Å²) in [7, 11) is -0.476. The number of likely N-dealkylation sites (N-methyl/N-ethyl adjacent to an activating group) is 1. The van der Waals surface area contributed by atoms with E-state index in [2.05, 4.69) is 4.74 Å². The van der Waals surface area contributed by atoms with Gasteiger partial charge in [0, 0.05) is 26.6 Å². The Balaban J connectivity index is 2.15. The Morgan fingerprint density at radius 1 is 1.37 bits per heavy atom. The van der Waals surface area contributed by atoms with Crippen molar-refractivity contribution >= 4 is 16.0 Å². The highest BCUT2D eigenvalue weighted by Crippen LogP contribution is 2.28. The molecule has 0 N–H and O–H groups in total. The third-order valence-electron chi connectivity index (χ3n) is 3.09. The van der Waals surface area contributed by atoms with Crippen molar-refractivity contribution in [3.8, 4) is 0 Å². The maximum atomic E-state index is 11.9. The molecule has 0 aliphatic heterocycles. The fourth-order valence-corrected chi connectivity index (χ4v) is 2.70. The Bertz CT molecular complexity index is 378. The predicted molar refractivity (Wildman–Crippen MR) is 71.2 cm³/mol. The molecule has 0 unspecified atom stereocenters. The first-order valence-corrected chi connectivity index (χ1v) is 8.15. The van der Waals surface area contributed by atoms with Crippen LogP contribution in [0.1, 0.15) is 25.7 Å². The summed E-state index contributed by atoms with van der Waals surface area (Å²) in [6.45, 7) is 1.51. The Morgan fingerprint density at radius 3 is 2.63 bits per heavy atom. The largest absolute Gasteiger partial charge is 0.469 e. The Morgan fingerprint density at radius 2 is 2.05 bits per heavy atom. The van der Waals surface area contributed by atoms with E-state index in [0.29, 0.717) is 19.1 Å². The van der Waals surface area contributed by atoms with Crippen LogP contribution in [0.4, 0.5) is 0 Å². The molecular weight excluding hydrogens is 270 g/mol. The molecule has 1 fully saturated rings. The van der Waals surface area contributed by atoms with E-state index in [9.17, 15) is 13.2 Å². The SMILES string of the molecule is COC(=O)CCCS(=O)(=O)N(C)CCOCC1CC1. The molecule has 1 aliphatic carbocycles.